The highest BCUT2D eigenvalue weighted by Gasteiger charge is 2.36. The molecule has 1 fully saturated rings. The average molecular weight is 660 g/mol. The summed E-state index contributed by atoms with van der Waals surface area (Å²) >= 11 is 4.41. The highest BCUT2D eigenvalue weighted by Crippen LogP contribution is 2.40. The van der Waals surface area contributed by atoms with Gasteiger partial charge in [-0.15, -0.1) is 0 Å². The van der Waals surface area contributed by atoms with Crippen LogP contribution in [0.2, 0.25) is 0 Å². The Morgan fingerprint density at radius 3 is 2.44 bits per heavy atom. The summed E-state index contributed by atoms with van der Waals surface area (Å²) in [4.78, 5) is 39.9. The van der Waals surface area contributed by atoms with Crippen molar-refractivity contribution in [1.29, 1.82) is 0 Å². The molecule has 220 valence electrons. The van der Waals surface area contributed by atoms with Gasteiger partial charge in [0.25, 0.3) is 11.1 Å². The third kappa shape index (κ3) is 6.78. The van der Waals surface area contributed by atoms with Crippen LogP contribution in [0.15, 0.2) is 76.1 Å². The van der Waals surface area contributed by atoms with Crippen molar-refractivity contribution < 1.29 is 23.9 Å². The molecule has 1 saturated heterocycles. The fourth-order valence-electron chi connectivity index (χ4n) is 5.13. The summed E-state index contributed by atoms with van der Waals surface area (Å²) < 4.78 is 12.8. The molecule has 4 aromatic rings. The smallest absolute Gasteiger partial charge is 0.294 e. The molecule has 1 N–H and O–H groups in total. The molecule has 1 heterocycles. The molecular weight excluding hydrogens is 628 g/mol. The number of fused-ring (bicyclic) bond motifs is 1. The normalized spacial score (nSPS) is 14.1. The van der Waals surface area contributed by atoms with E-state index in [1.165, 1.54) is 0 Å². The number of benzene rings is 4. The Bertz CT molecular complexity index is 1760. The standard InChI is InChI=1S/C34H31BrN2O5S/c1-5-41-28-16-23(15-27(35)32(28)42-19-25-11-8-10-24-9-6-7-12-26(24)25)17-29-33(39)37(34(40)43-29)18-30(38)36-31-21(3)13-20(2)14-22(31)4/h6-17H,5,18-19H2,1-4H3,(H,36,38)/b29-17+. The van der Waals surface area contributed by atoms with E-state index in [2.05, 4.69) is 39.4 Å². The maximum absolute atomic E-state index is 13.2. The highest BCUT2D eigenvalue weighted by molar-refractivity contribution is 9.10. The van der Waals surface area contributed by atoms with Gasteiger partial charge >= 0.3 is 0 Å². The number of halogens is 1. The topological polar surface area (TPSA) is 84.9 Å². The molecule has 0 unspecified atom stereocenters. The minimum absolute atomic E-state index is 0.222. The van der Waals surface area contributed by atoms with Crippen molar-refractivity contribution in [3.63, 3.8) is 0 Å². The summed E-state index contributed by atoms with van der Waals surface area (Å²) in [6.45, 7) is 8.06. The molecule has 0 atom stereocenters. The Labute approximate surface area is 263 Å². The minimum atomic E-state index is -0.520. The van der Waals surface area contributed by atoms with Crippen LogP contribution in [0.5, 0.6) is 11.5 Å². The van der Waals surface area contributed by atoms with Gasteiger partial charge in [0, 0.05) is 5.69 Å². The predicted molar refractivity (Wildman–Crippen MR) is 176 cm³/mol. The number of imide groups is 1. The molecule has 4 aromatic carbocycles. The summed E-state index contributed by atoms with van der Waals surface area (Å²) in [6, 6.07) is 21.8. The number of anilines is 1. The van der Waals surface area contributed by atoms with Crippen molar-refractivity contribution in [3.8, 4) is 11.5 Å². The Morgan fingerprint density at radius 2 is 1.70 bits per heavy atom. The van der Waals surface area contributed by atoms with Gasteiger partial charge in [0.2, 0.25) is 5.91 Å². The summed E-state index contributed by atoms with van der Waals surface area (Å²) in [7, 11) is 0. The van der Waals surface area contributed by atoms with E-state index in [0.717, 1.165) is 49.7 Å². The van der Waals surface area contributed by atoms with Gasteiger partial charge in [0.15, 0.2) is 11.5 Å². The van der Waals surface area contributed by atoms with Crippen molar-refractivity contribution in [1.82, 2.24) is 4.90 Å². The molecule has 1 aliphatic rings. The molecule has 3 amide bonds. The van der Waals surface area contributed by atoms with Crippen LogP contribution in [0, 0.1) is 20.8 Å². The molecule has 0 aromatic heterocycles. The van der Waals surface area contributed by atoms with Crippen LogP contribution < -0.4 is 14.8 Å². The monoisotopic (exact) mass is 658 g/mol. The van der Waals surface area contributed by atoms with Crippen molar-refractivity contribution in [2.75, 3.05) is 18.5 Å². The third-order valence-corrected chi connectivity index (χ3v) is 8.49. The lowest BCUT2D eigenvalue weighted by atomic mass is 10.1. The molecule has 0 aliphatic carbocycles. The number of rotatable bonds is 9. The van der Waals surface area contributed by atoms with Gasteiger partial charge in [-0.25, -0.2) is 0 Å². The van der Waals surface area contributed by atoms with Crippen molar-refractivity contribution in [2.45, 2.75) is 34.3 Å². The highest BCUT2D eigenvalue weighted by atomic mass is 79.9. The number of hydrogen-bond acceptors (Lipinski definition) is 6. The van der Waals surface area contributed by atoms with Gasteiger partial charge in [-0.05, 0) is 107 Å². The van der Waals surface area contributed by atoms with Gasteiger partial charge in [-0.2, -0.15) is 0 Å². The Morgan fingerprint density at radius 1 is 0.977 bits per heavy atom. The number of amides is 3. The number of nitrogens with one attached hydrogen (secondary N) is 1. The van der Waals surface area contributed by atoms with Gasteiger partial charge in [0.05, 0.1) is 16.0 Å². The fraction of sp³-hybridized carbons (Fsp3) is 0.206. The van der Waals surface area contributed by atoms with Crippen LogP contribution in [-0.2, 0) is 16.2 Å². The number of nitrogens with zero attached hydrogens (tertiary/aromatic N) is 1. The lowest BCUT2D eigenvalue weighted by Gasteiger charge is -2.16. The van der Waals surface area contributed by atoms with Crippen LogP contribution >= 0.6 is 27.7 Å². The number of carbonyl (C=O) groups is 3. The van der Waals surface area contributed by atoms with E-state index in [4.69, 9.17) is 9.47 Å². The molecule has 0 bridgehead atoms. The van der Waals surface area contributed by atoms with Gasteiger partial charge < -0.3 is 14.8 Å². The number of thioether (sulfide) groups is 1. The molecule has 7 nitrogen and oxygen atoms in total. The number of aryl methyl sites for hydroxylation is 3. The van der Waals surface area contributed by atoms with Crippen LogP contribution in [0.25, 0.3) is 16.8 Å². The second-order valence-electron chi connectivity index (χ2n) is 10.3. The Kier molecular flexibility index (Phi) is 9.22. The first-order chi connectivity index (χ1) is 20.6. The largest absolute Gasteiger partial charge is 0.490 e. The average Bonchev–Trinajstić information content (AvgIpc) is 3.21. The quantitative estimate of drug-likeness (QED) is 0.183. The van der Waals surface area contributed by atoms with E-state index >= 15 is 0 Å². The lowest BCUT2D eigenvalue weighted by Crippen LogP contribution is -2.36. The second-order valence-corrected chi connectivity index (χ2v) is 12.1. The van der Waals surface area contributed by atoms with E-state index in [9.17, 15) is 14.4 Å². The zero-order chi connectivity index (χ0) is 30.7. The van der Waals surface area contributed by atoms with Crippen LogP contribution in [0.4, 0.5) is 10.5 Å². The van der Waals surface area contributed by atoms with E-state index in [1.807, 2.05) is 70.2 Å². The van der Waals surface area contributed by atoms with Crippen LogP contribution in [0.1, 0.15) is 34.7 Å². The van der Waals surface area contributed by atoms with Gasteiger partial charge in [0.1, 0.15) is 13.2 Å². The third-order valence-electron chi connectivity index (χ3n) is 7.00. The van der Waals surface area contributed by atoms with Crippen LogP contribution in [-0.4, -0.2) is 35.1 Å². The zero-order valence-corrected chi connectivity index (χ0v) is 26.7. The SMILES string of the molecule is CCOc1cc(/C=C2/SC(=O)N(CC(=O)Nc3c(C)cc(C)cc3C)C2=O)cc(Br)c1OCc1cccc2ccccc12. The predicted octanol–water partition coefficient (Wildman–Crippen LogP) is 8.18. The fourth-order valence-corrected chi connectivity index (χ4v) is 6.54. The first kappa shape index (κ1) is 30.4. The van der Waals surface area contributed by atoms with E-state index in [1.54, 1.807) is 12.1 Å². The lowest BCUT2D eigenvalue weighted by molar-refractivity contribution is -0.127. The number of carbonyl (C=O) groups excluding carboxylic acids is 3. The maximum Gasteiger partial charge on any atom is 0.294 e. The molecule has 43 heavy (non-hydrogen) atoms. The number of hydrogen-bond donors (Lipinski definition) is 1. The Hall–Kier alpha value is -4.08. The second kappa shape index (κ2) is 13.1. The van der Waals surface area contributed by atoms with Gasteiger partial charge in [-0.1, -0.05) is 60.2 Å². The van der Waals surface area contributed by atoms with Gasteiger partial charge in [-0.3, -0.25) is 19.3 Å². The summed E-state index contributed by atoms with van der Waals surface area (Å²) in [5, 5.41) is 4.61. The van der Waals surface area contributed by atoms with Crippen molar-refractivity contribution in [2.24, 2.45) is 0 Å². The zero-order valence-electron chi connectivity index (χ0n) is 24.3. The molecule has 1 aliphatic heterocycles. The molecule has 5 rings (SSSR count). The summed E-state index contributed by atoms with van der Waals surface area (Å²) in [5.74, 6) is 0.0877. The van der Waals surface area contributed by atoms with E-state index in [-0.39, 0.29) is 11.4 Å². The molecular formula is C34H31BrN2O5S. The van der Waals surface area contributed by atoms with Crippen molar-refractivity contribution >= 4 is 67.3 Å². The summed E-state index contributed by atoms with van der Waals surface area (Å²) in [6.07, 6.45) is 1.62. The minimum Gasteiger partial charge on any atom is -0.490 e. The molecule has 0 saturated carbocycles. The molecule has 0 spiro atoms. The summed E-state index contributed by atoms with van der Waals surface area (Å²) in [5.41, 5.74) is 5.30. The van der Waals surface area contributed by atoms with Crippen molar-refractivity contribution in [3.05, 3.63) is 104 Å². The maximum atomic E-state index is 13.2. The molecule has 9 heteroatoms. The first-order valence-corrected chi connectivity index (χ1v) is 15.4. The number of ether oxygens (including phenoxy) is 2. The first-order valence-electron chi connectivity index (χ1n) is 13.8. The Balaban J connectivity index is 1.33. The van der Waals surface area contributed by atoms with E-state index in [0.29, 0.717) is 40.4 Å². The van der Waals surface area contributed by atoms with Crippen LogP contribution in [0.3, 0.4) is 0 Å². The van der Waals surface area contributed by atoms with E-state index < -0.39 is 17.1 Å². The molecule has 0 radical (unpaired) electrons.